The molecule has 220 valence electrons. The fraction of sp³-hybridized carbons (Fsp3) is 0.548. The summed E-state index contributed by atoms with van der Waals surface area (Å²) in [6.07, 6.45) is 8.09. The Morgan fingerprint density at radius 3 is 2.66 bits per heavy atom. The maximum absolute atomic E-state index is 13.7. The highest BCUT2D eigenvalue weighted by Gasteiger charge is 2.41. The normalized spacial score (nSPS) is 26.1. The minimum absolute atomic E-state index is 0.0449. The number of nitrogens with zero attached hydrogens (tertiary/aromatic N) is 3. The van der Waals surface area contributed by atoms with Gasteiger partial charge in [0.05, 0.1) is 12.0 Å². The number of fused-ring (bicyclic) bond motifs is 1. The number of aryl methyl sites for hydroxylation is 2. The quantitative estimate of drug-likeness (QED) is 0.482. The molecule has 41 heavy (non-hydrogen) atoms. The monoisotopic (exact) mass is 562 g/mol. The van der Waals surface area contributed by atoms with Crippen molar-refractivity contribution in [1.29, 1.82) is 0 Å². The third-order valence-corrected chi connectivity index (χ3v) is 8.84. The Morgan fingerprint density at radius 2 is 1.93 bits per heavy atom. The number of likely N-dealkylation sites (tertiary alicyclic amines) is 1. The number of rotatable bonds is 5. The Morgan fingerprint density at radius 1 is 1.15 bits per heavy atom. The molecule has 10 nitrogen and oxygen atoms in total. The Bertz CT molecular complexity index is 1230. The van der Waals surface area contributed by atoms with Crippen molar-refractivity contribution in [3.05, 3.63) is 59.8 Å². The Hall–Kier alpha value is -3.50. The minimum atomic E-state index is -0.667. The summed E-state index contributed by atoms with van der Waals surface area (Å²) < 4.78 is 7.33. The van der Waals surface area contributed by atoms with E-state index < -0.39 is 11.5 Å². The summed E-state index contributed by atoms with van der Waals surface area (Å²) in [5, 5.41) is 13.7. The van der Waals surface area contributed by atoms with Crippen molar-refractivity contribution in [2.75, 3.05) is 38.2 Å². The molecule has 10 heteroatoms. The van der Waals surface area contributed by atoms with E-state index in [4.69, 9.17) is 4.74 Å². The van der Waals surface area contributed by atoms with Gasteiger partial charge in [0.2, 0.25) is 17.7 Å². The van der Waals surface area contributed by atoms with Crippen molar-refractivity contribution in [2.45, 2.75) is 57.5 Å². The second-order valence-electron chi connectivity index (χ2n) is 11.8. The van der Waals surface area contributed by atoms with Crippen LogP contribution >= 0.6 is 0 Å². The lowest BCUT2D eigenvalue weighted by Gasteiger charge is -2.40. The molecule has 3 aliphatic rings. The summed E-state index contributed by atoms with van der Waals surface area (Å²) in [5.74, 6) is 0.385. The molecular weight excluding hydrogens is 520 g/mol. The number of piperidine rings is 1. The molecule has 0 bridgehead atoms. The minimum Gasteiger partial charge on any atom is -0.381 e. The molecular formula is C31H42N6O4. The van der Waals surface area contributed by atoms with Crippen molar-refractivity contribution in [1.82, 2.24) is 25.3 Å². The average molecular weight is 563 g/mol. The van der Waals surface area contributed by atoms with Crippen molar-refractivity contribution in [2.24, 2.45) is 18.4 Å². The van der Waals surface area contributed by atoms with Gasteiger partial charge < -0.3 is 20.7 Å². The Labute approximate surface area is 241 Å². The van der Waals surface area contributed by atoms with E-state index in [-0.39, 0.29) is 36.2 Å². The Kier molecular flexibility index (Phi) is 9.19. The number of amides is 3. The molecule has 2 fully saturated rings. The molecule has 0 aliphatic carbocycles. The van der Waals surface area contributed by atoms with Crippen LogP contribution in [-0.4, -0.2) is 77.3 Å². The molecule has 3 aliphatic heterocycles. The zero-order valence-corrected chi connectivity index (χ0v) is 24.1. The number of anilines is 1. The number of allylic oxidation sites excluding steroid dienone is 2. The molecule has 0 saturated carbocycles. The number of carbonyl (C=O) groups excluding carboxylic acids is 3. The first-order chi connectivity index (χ1) is 19.8. The highest BCUT2D eigenvalue weighted by molar-refractivity contribution is 5.92. The topological polar surface area (TPSA) is 118 Å². The van der Waals surface area contributed by atoms with Gasteiger partial charge in [-0.25, -0.2) is 0 Å². The number of hydrogen-bond donors (Lipinski definition) is 3. The highest BCUT2D eigenvalue weighted by atomic mass is 16.5. The van der Waals surface area contributed by atoms with Crippen LogP contribution in [0.5, 0.6) is 0 Å². The van der Waals surface area contributed by atoms with Crippen molar-refractivity contribution in [3.63, 3.8) is 0 Å². The van der Waals surface area contributed by atoms with E-state index in [1.165, 1.54) is 0 Å². The maximum atomic E-state index is 13.7. The van der Waals surface area contributed by atoms with Gasteiger partial charge in [-0.1, -0.05) is 42.5 Å². The van der Waals surface area contributed by atoms with Gasteiger partial charge in [-0.05, 0) is 50.5 Å². The van der Waals surface area contributed by atoms with Crippen LogP contribution in [0.4, 0.5) is 5.82 Å². The summed E-state index contributed by atoms with van der Waals surface area (Å²) in [4.78, 5) is 42.4. The van der Waals surface area contributed by atoms with E-state index in [2.05, 4.69) is 38.1 Å². The zero-order valence-electron chi connectivity index (χ0n) is 24.1. The number of carbonyl (C=O) groups is 3. The molecule has 1 aromatic carbocycles. The van der Waals surface area contributed by atoms with Crippen LogP contribution in [0.3, 0.4) is 0 Å². The van der Waals surface area contributed by atoms with Crippen LogP contribution < -0.4 is 16.0 Å². The molecule has 1 aromatic heterocycles. The molecule has 2 aromatic rings. The molecule has 3 N–H and O–H groups in total. The third-order valence-electron chi connectivity index (χ3n) is 8.84. The Balaban J connectivity index is 1.31. The molecule has 0 radical (unpaired) electrons. The van der Waals surface area contributed by atoms with Gasteiger partial charge in [0.15, 0.2) is 5.82 Å². The van der Waals surface area contributed by atoms with E-state index in [9.17, 15) is 14.4 Å². The van der Waals surface area contributed by atoms with Crippen molar-refractivity contribution < 1.29 is 19.1 Å². The number of nitrogens with one attached hydrogen (secondary N) is 3. The summed E-state index contributed by atoms with van der Waals surface area (Å²) in [5.41, 5.74) is 1.39. The smallest absolute Gasteiger partial charge is 0.243 e. The van der Waals surface area contributed by atoms with E-state index in [1.54, 1.807) is 4.68 Å². The molecule has 2 saturated heterocycles. The van der Waals surface area contributed by atoms with Crippen LogP contribution in [-0.2, 0) is 32.6 Å². The molecule has 0 unspecified atom stereocenters. The van der Waals surface area contributed by atoms with Crippen LogP contribution in [0.25, 0.3) is 0 Å². The first kappa shape index (κ1) is 29.0. The van der Waals surface area contributed by atoms with Gasteiger partial charge in [-0.2, -0.15) is 5.10 Å². The fourth-order valence-electron chi connectivity index (χ4n) is 6.21. The SMILES string of the molecule is Cc1cc(NC(=O)CN2CC[C@H]3NC(=O)[C@@H](Cc4ccccc4)NC(=O)C4(C/C=C/C[C@H]3C2)CCOCC4)nn1C. The third kappa shape index (κ3) is 7.23. The standard InChI is InChI=1S/C31H42N6O4/c1-22-18-27(35-36(22)2)34-28(38)21-37-15-11-25-24(20-37)10-6-7-12-31(13-16-41-17-14-31)30(40)33-26(29(39)32-25)19-23-8-4-3-5-9-23/h3-9,18,24-26H,10-17,19-21H2,1-2H3,(H,32,39)(H,33,40)(H,34,35,38)/b7-6+/t24-,25+,26+/m0/s1. The molecule has 3 amide bonds. The van der Waals surface area contributed by atoms with Gasteiger partial charge in [-0.15, -0.1) is 0 Å². The first-order valence-electron chi connectivity index (χ1n) is 14.7. The first-order valence-corrected chi connectivity index (χ1v) is 14.7. The van der Waals surface area contributed by atoms with Gasteiger partial charge in [0, 0.05) is 57.6 Å². The molecule has 5 rings (SSSR count). The number of ether oxygens (including phenoxy) is 1. The fourth-order valence-corrected chi connectivity index (χ4v) is 6.21. The maximum Gasteiger partial charge on any atom is 0.243 e. The van der Waals surface area contributed by atoms with Crippen LogP contribution in [0, 0.1) is 18.3 Å². The van der Waals surface area contributed by atoms with Gasteiger partial charge in [-0.3, -0.25) is 24.0 Å². The van der Waals surface area contributed by atoms with Gasteiger partial charge in [0.25, 0.3) is 0 Å². The lowest BCUT2D eigenvalue weighted by molar-refractivity contribution is -0.140. The lowest BCUT2D eigenvalue weighted by Crippen LogP contribution is -2.58. The predicted molar refractivity (Wildman–Crippen MR) is 156 cm³/mol. The van der Waals surface area contributed by atoms with Crippen LogP contribution in [0.2, 0.25) is 0 Å². The van der Waals surface area contributed by atoms with Gasteiger partial charge in [0.1, 0.15) is 6.04 Å². The van der Waals surface area contributed by atoms with E-state index in [0.29, 0.717) is 57.8 Å². The summed E-state index contributed by atoms with van der Waals surface area (Å²) in [6.45, 7) is 4.68. The lowest BCUT2D eigenvalue weighted by atomic mass is 9.75. The van der Waals surface area contributed by atoms with Crippen LogP contribution in [0.1, 0.15) is 43.4 Å². The predicted octanol–water partition coefficient (Wildman–Crippen LogP) is 2.35. The van der Waals surface area contributed by atoms with E-state index in [1.807, 2.05) is 50.4 Å². The second-order valence-corrected chi connectivity index (χ2v) is 11.8. The summed E-state index contributed by atoms with van der Waals surface area (Å²) in [7, 11) is 1.85. The molecule has 4 heterocycles. The number of hydrogen-bond acceptors (Lipinski definition) is 6. The molecule has 3 atom stereocenters. The summed E-state index contributed by atoms with van der Waals surface area (Å²) in [6, 6.07) is 11.0. The van der Waals surface area contributed by atoms with E-state index >= 15 is 0 Å². The number of aromatic nitrogens is 2. The van der Waals surface area contributed by atoms with Crippen LogP contribution in [0.15, 0.2) is 48.6 Å². The highest BCUT2D eigenvalue weighted by Crippen LogP contribution is 2.36. The van der Waals surface area contributed by atoms with Crippen molar-refractivity contribution in [3.8, 4) is 0 Å². The largest absolute Gasteiger partial charge is 0.381 e. The average Bonchev–Trinajstić information content (AvgIpc) is 3.28. The second kappa shape index (κ2) is 13.0. The van der Waals surface area contributed by atoms with Gasteiger partial charge >= 0.3 is 0 Å². The van der Waals surface area contributed by atoms with Crippen molar-refractivity contribution >= 4 is 23.5 Å². The zero-order chi connectivity index (χ0) is 28.8. The summed E-state index contributed by atoms with van der Waals surface area (Å²) >= 11 is 0. The van der Waals surface area contributed by atoms with E-state index in [0.717, 1.165) is 24.1 Å². The molecule has 1 spiro atoms. The number of benzene rings is 1.